The molecular weight excluding hydrogens is 284 g/mol. The highest BCUT2D eigenvalue weighted by Gasteiger charge is 2.16. The van der Waals surface area contributed by atoms with Gasteiger partial charge in [-0.2, -0.15) is 0 Å². The Morgan fingerprint density at radius 2 is 1.48 bits per heavy atom. The van der Waals surface area contributed by atoms with E-state index >= 15 is 0 Å². The van der Waals surface area contributed by atoms with E-state index in [0.29, 0.717) is 6.54 Å². The van der Waals surface area contributed by atoms with Gasteiger partial charge in [0.2, 0.25) is 5.91 Å². The smallest absolute Gasteiger partial charge is 0.236 e. The van der Waals surface area contributed by atoms with Crippen molar-refractivity contribution >= 4 is 5.91 Å². The normalized spacial score (nSPS) is 12.1. The molecule has 0 saturated carbocycles. The van der Waals surface area contributed by atoms with E-state index in [1.54, 1.807) is 0 Å². The molecule has 0 aliphatic heterocycles. The Kier molecular flexibility index (Phi) is 6.82. The van der Waals surface area contributed by atoms with Crippen LogP contribution in [0.3, 0.4) is 0 Å². The second-order valence-corrected chi connectivity index (χ2v) is 5.85. The van der Waals surface area contributed by atoms with Gasteiger partial charge in [-0.25, -0.2) is 0 Å². The van der Waals surface area contributed by atoms with Gasteiger partial charge in [0.1, 0.15) is 0 Å². The summed E-state index contributed by atoms with van der Waals surface area (Å²) in [7, 11) is 0. The van der Waals surface area contributed by atoms with Gasteiger partial charge in [-0.3, -0.25) is 4.79 Å². The van der Waals surface area contributed by atoms with Crippen molar-refractivity contribution in [2.24, 2.45) is 5.73 Å². The molecule has 122 valence electrons. The SMILES string of the molecule is CCCC(N)C(=O)NCCC(c1ccccc1)c1ccccc1. The molecule has 0 radical (unpaired) electrons. The highest BCUT2D eigenvalue weighted by atomic mass is 16.2. The van der Waals surface area contributed by atoms with E-state index in [4.69, 9.17) is 5.73 Å². The van der Waals surface area contributed by atoms with Crippen LogP contribution in [0.5, 0.6) is 0 Å². The molecule has 3 heteroatoms. The Hall–Kier alpha value is -2.13. The third kappa shape index (κ3) is 5.22. The van der Waals surface area contributed by atoms with Crippen LogP contribution in [0.25, 0.3) is 0 Å². The molecule has 0 saturated heterocycles. The zero-order valence-corrected chi connectivity index (χ0v) is 13.7. The van der Waals surface area contributed by atoms with Crippen molar-refractivity contribution < 1.29 is 4.79 Å². The first-order valence-corrected chi connectivity index (χ1v) is 8.35. The Balaban J connectivity index is 2.01. The second kappa shape index (κ2) is 9.11. The molecular formula is C20H26N2O. The maximum absolute atomic E-state index is 12.0. The number of rotatable bonds is 8. The van der Waals surface area contributed by atoms with Crippen LogP contribution >= 0.6 is 0 Å². The van der Waals surface area contributed by atoms with E-state index in [-0.39, 0.29) is 11.8 Å². The lowest BCUT2D eigenvalue weighted by Gasteiger charge is -2.19. The molecule has 2 aromatic carbocycles. The minimum Gasteiger partial charge on any atom is -0.355 e. The average Bonchev–Trinajstić information content (AvgIpc) is 2.60. The maximum Gasteiger partial charge on any atom is 0.236 e. The average molecular weight is 310 g/mol. The fourth-order valence-electron chi connectivity index (χ4n) is 2.81. The molecule has 1 amide bonds. The molecule has 0 aliphatic rings. The van der Waals surface area contributed by atoms with Crippen LogP contribution in [-0.4, -0.2) is 18.5 Å². The number of carbonyl (C=O) groups is 1. The van der Waals surface area contributed by atoms with Gasteiger partial charge >= 0.3 is 0 Å². The van der Waals surface area contributed by atoms with Crippen molar-refractivity contribution in [2.75, 3.05) is 6.54 Å². The molecule has 1 unspecified atom stereocenters. The monoisotopic (exact) mass is 310 g/mol. The van der Waals surface area contributed by atoms with Gasteiger partial charge in [0, 0.05) is 12.5 Å². The summed E-state index contributed by atoms with van der Waals surface area (Å²) in [5.41, 5.74) is 8.39. The third-order valence-electron chi connectivity index (χ3n) is 4.07. The number of carbonyl (C=O) groups excluding carboxylic acids is 1. The van der Waals surface area contributed by atoms with Gasteiger partial charge in [-0.05, 0) is 24.0 Å². The lowest BCUT2D eigenvalue weighted by atomic mass is 9.88. The highest BCUT2D eigenvalue weighted by Crippen LogP contribution is 2.27. The second-order valence-electron chi connectivity index (χ2n) is 5.85. The van der Waals surface area contributed by atoms with Gasteiger partial charge in [-0.15, -0.1) is 0 Å². The van der Waals surface area contributed by atoms with Crippen molar-refractivity contribution in [3.63, 3.8) is 0 Å². The Labute approximate surface area is 138 Å². The van der Waals surface area contributed by atoms with E-state index in [0.717, 1.165) is 19.3 Å². The number of amides is 1. The molecule has 0 heterocycles. The fraction of sp³-hybridized carbons (Fsp3) is 0.350. The first-order chi connectivity index (χ1) is 11.2. The van der Waals surface area contributed by atoms with Crippen LogP contribution in [0.4, 0.5) is 0 Å². The minimum absolute atomic E-state index is 0.0493. The van der Waals surface area contributed by atoms with Gasteiger partial charge in [0.25, 0.3) is 0 Å². The van der Waals surface area contributed by atoms with E-state index < -0.39 is 6.04 Å². The predicted molar refractivity (Wildman–Crippen MR) is 95.2 cm³/mol. The summed E-state index contributed by atoms with van der Waals surface area (Å²) in [6.45, 7) is 2.67. The largest absolute Gasteiger partial charge is 0.355 e. The summed E-state index contributed by atoms with van der Waals surface area (Å²) in [5, 5.41) is 2.97. The molecule has 0 aliphatic carbocycles. The molecule has 0 fully saturated rings. The van der Waals surface area contributed by atoms with E-state index in [1.807, 2.05) is 19.1 Å². The van der Waals surface area contributed by atoms with Gasteiger partial charge in [0.05, 0.1) is 6.04 Å². The van der Waals surface area contributed by atoms with E-state index in [2.05, 4.69) is 53.8 Å². The summed E-state index contributed by atoms with van der Waals surface area (Å²) in [5.74, 6) is 0.229. The van der Waals surface area contributed by atoms with Crippen LogP contribution < -0.4 is 11.1 Å². The maximum atomic E-state index is 12.0. The van der Waals surface area contributed by atoms with Crippen molar-refractivity contribution in [1.29, 1.82) is 0 Å². The summed E-state index contributed by atoms with van der Waals surface area (Å²) in [6, 6.07) is 20.4. The molecule has 0 aromatic heterocycles. The van der Waals surface area contributed by atoms with E-state index in [1.165, 1.54) is 11.1 Å². The highest BCUT2D eigenvalue weighted by molar-refractivity contribution is 5.81. The van der Waals surface area contributed by atoms with Crippen LogP contribution in [0.1, 0.15) is 43.2 Å². The molecule has 2 aromatic rings. The molecule has 3 nitrogen and oxygen atoms in total. The van der Waals surface area contributed by atoms with Crippen molar-refractivity contribution in [1.82, 2.24) is 5.32 Å². The zero-order valence-electron chi connectivity index (χ0n) is 13.7. The summed E-state index contributed by atoms with van der Waals surface area (Å²) >= 11 is 0. The van der Waals surface area contributed by atoms with Crippen LogP contribution in [0.15, 0.2) is 60.7 Å². The number of nitrogens with one attached hydrogen (secondary N) is 1. The summed E-state index contributed by atoms with van der Waals surface area (Å²) in [4.78, 5) is 12.0. The molecule has 1 atom stereocenters. The number of hydrogen-bond donors (Lipinski definition) is 2. The first kappa shape index (κ1) is 17.2. The first-order valence-electron chi connectivity index (χ1n) is 8.35. The molecule has 23 heavy (non-hydrogen) atoms. The van der Waals surface area contributed by atoms with Gasteiger partial charge in [-0.1, -0.05) is 74.0 Å². The molecule has 0 spiro atoms. The van der Waals surface area contributed by atoms with Crippen molar-refractivity contribution in [3.05, 3.63) is 71.8 Å². The van der Waals surface area contributed by atoms with Crippen molar-refractivity contribution in [3.8, 4) is 0 Å². The van der Waals surface area contributed by atoms with Crippen LogP contribution in [0, 0.1) is 0 Å². The molecule has 3 N–H and O–H groups in total. The summed E-state index contributed by atoms with van der Waals surface area (Å²) in [6.07, 6.45) is 2.51. The topological polar surface area (TPSA) is 55.1 Å². The third-order valence-corrected chi connectivity index (χ3v) is 4.07. The lowest BCUT2D eigenvalue weighted by molar-refractivity contribution is -0.122. The number of nitrogens with two attached hydrogens (primary N) is 1. The Bertz CT molecular complexity index is 544. The summed E-state index contributed by atoms with van der Waals surface area (Å²) < 4.78 is 0. The van der Waals surface area contributed by atoms with Crippen molar-refractivity contribution in [2.45, 2.75) is 38.1 Å². The quantitative estimate of drug-likeness (QED) is 0.784. The van der Waals surface area contributed by atoms with Gasteiger partial charge < -0.3 is 11.1 Å². The minimum atomic E-state index is -0.396. The van der Waals surface area contributed by atoms with Crippen LogP contribution in [-0.2, 0) is 4.79 Å². The number of benzene rings is 2. The lowest BCUT2D eigenvalue weighted by Crippen LogP contribution is -2.41. The van der Waals surface area contributed by atoms with Gasteiger partial charge in [0.15, 0.2) is 0 Å². The molecule has 0 bridgehead atoms. The number of hydrogen-bond acceptors (Lipinski definition) is 2. The van der Waals surface area contributed by atoms with E-state index in [9.17, 15) is 4.79 Å². The fourth-order valence-corrected chi connectivity index (χ4v) is 2.81. The van der Waals surface area contributed by atoms with Crippen LogP contribution in [0.2, 0.25) is 0 Å². The standard InChI is InChI=1S/C20H26N2O/c1-2-9-19(21)20(23)22-15-14-18(16-10-5-3-6-11-16)17-12-7-4-8-13-17/h3-8,10-13,18-19H,2,9,14-15,21H2,1H3,(H,22,23). The molecule has 2 rings (SSSR count). The Morgan fingerprint density at radius 1 is 0.957 bits per heavy atom. The zero-order chi connectivity index (χ0) is 16.5. The predicted octanol–water partition coefficient (Wildman–Crippen LogP) is 3.45. The Morgan fingerprint density at radius 3 is 1.96 bits per heavy atom.